The monoisotopic (exact) mass is 306 g/mol. The van der Waals surface area contributed by atoms with E-state index in [0.29, 0.717) is 11.1 Å². The van der Waals surface area contributed by atoms with E-state index in [9.17, 15) is 14.7 Å². The number of aliphatic hydroxyl groups is 1. The van der Waals surface area contributed by atoms with Crippen LogP contribution in [0, 0.1) is 11.3 Å². The van der Waals surface area contributed by atoms with Crippen molar-refractivity contribution in [2.75, 3.05) is 0 Å². The van der Waals surface area contributed by atoms with Gasteiger partial charge in [0.1, 0.15) is 11.0 Å². The Labute approximate surface area is 132 Å². The number of esters is 2. The summed E-state index contributed by atoms with van der Waals surface area (Å²) < 4.78 is 4.98. The van der Waals surface area contributed by atoms with Crippen LogP contribution in [-0.4, -0.2) is 17.0 Å². The van der Waals surface area contributed by atoms with Crippen LogP contribution in [0.1, 0.15) is 35.1 Å². The summed E-state index contributed by atoms with van der Waals surface area (Å²) in [4.78, 5) is 25.0. The van der Waals surface area contributed by atoms with E-state index >= 15 is 0 Å². The van der Waals surface area contributed by atoms with Gasteiger partial charge in [-0.2, -0.15) is 0 Å². The lowest BCUT2D eigenvalue weighted by Gasteiger charge is -2.55. The predicted octanol–water partition coefficient (Wildman–Crippen LogP) is 2.09. The van der Waals surface area contributed by atoms with Gasteiger partial charge in [0.25, 0.3) is 0 Å². The zero-order valence-electron chi connectivity index (χ0n) is 12.4. The van der Waals surface area contributed by atoms with Crippen LogP contribution in [0.4, 0.5) is 0 Å². The lowest BCUT2D eigenvalue weighted by molar-refractivity contribution is -0.163. The molecule has 2 bridgehead atoms. The minimum Gasteiger partial charge on any atom is -0.392 e. The van der Waals surface area contributed by atoms with Gasteiger partial charge >= 0.3 is 11.9 Å². The largest absolute Gasteiger partial charge is 0.392 e. The molecule has 4 nitrogen and oxygen atoms in total. The molecular formula is C19H14O4. The molecular weight excluding hydrogens is 292 g/mol. The molecule has 0 aromatic heterocycles. The summed E-state index contributed by atoms with van der Waals surface area (Å²) in [5.74, 6) is -2.13. The lowest BCUT2D eigenvalue weighted by Crippen LogP contribution is -2.60. The van der Waals surface area contributed by atoms with E-state index in [1.54, 1.807) is 6.92 Å². The fraction of sp³-hybridized carbons (Fsp3) is 0.263. The molecule has 0 saturated carbocycles. The zero-order valence-corrected chi connectivity index (χ0v) is 12.4. The third-order valence-electron chi connectivity index (χ3n) is 5.95. The maximum absolute atomic E-state index is 12.6. The van der Waals surface area contributed by atoms with Crippen molar-refractivity contribution in [3.05, 3.63) is 70.8 Å². The Morgan fingerprint density at radius 3 is 2.04 bits per heavy atom. The van der Waals surface area contributed by atoms with Gasteiger partial charge in [-0.25, -0.2) is 0 Å². The van der Waals surface area contributed by atoms with Gasteiger partial charge in [0, 0.05) is 5.92 Å². The molecule has 2 unspecified atom stereocenters. The van der Waals surface area contributed by atoms with E-state index in [4.69, 9.17) is 4.74 Å². The fourth-order valence-corrected chi connectivity index (χ4v) is 4.89. The maximum Gasteiger partial charge on any atom is 0.324 e. The van der Waals surface area contributed by atoms with E-state index in [2.05, 4.69) is 0 Å². The number of hydrogen-bond acceptors (Lipinski definition) is 4. The Balaban J connectivity index is 1.98. The van der Waals surface area contributed by atoms with Gasteiger partial charge < -0.3 is 9.84 Å². The summed E-state index contributed by atoms with van der Waals surface area (Å²) in [5.41, 5.74) is 0.370. The number of hydrogen-bond donors (Lipinski definition) is 1. The Kier molecular flexibility index (Phi) is 2.10. The third-order valence-corrected chi connectivity index (χ3v) is 5.95. The Hall–Kier alpha value is -2.46. The highest BCUT2D eigenvalue weighted by atomic mass is 16.6. The molecule has 1 heterocycles. The van der Waals surface area contributed by atoms with Gasteiger partial charge in [0.15, 0.2) is 0 Å². The molecule has 114 valence electrons. The smallest absolute Gasteiger partial charge is 0.324 e. The molecule has 3 aliphatic carbocycles. The molecule has 1 saturated heterocycles. The average Bonchev–Trinajstić information content (AvgIpc) is 2.80. The lowest BCUT2D eigenvalue weighted by atomic mass is 9.46. The van der Waals surface area contributed by atoms with Crippen LogP contribution in [0.15, 0.2) is 48.5 Å². The van der Waals surface area contributed by atoms with Crippen LogP contribution in [-0.2, 0) is 19.9 Å². The van der Waals surface area contributed by atoms with E-state index in [1.807, 2.05) is 48.5 Å². The molecule has 0 amide bonds. The number of ether oxygens (including phenoxy) is 1. The Morgan fingerprint density at radius 2 is 1.48 bits per heavy atom. The van der Waals surface area contributed by atoms with E-state index in [1.165, 1.54) is 0 Å². The maximum atomic E-state index is 12.6. The van der Waals surface area contributed by atoms with Gasteiger partial charge in [-0.3, -0.25) is 9.59 Å². The van der Waals surface area contributed by atoms with Gasteiger partial charge in [0.2, 0.25) is 0 Å². The van der Waals surface area contributed by atoms with Crippen LogP contribution < -0.4 is 0 Å². The average molecular weight is 306 g/mol. The van der Waals surface area contributed by atoms with E-state index in [0.717, 1.165) is 11.1 Å². The highest BCUT2D eigenvalue weighted by Gasteiger charge is 2.74. The van der Waals surface area contributed by atoms with Crippen LogP contribution in [0.25, 0.3) is 0 Å². The van der Waals surface area contributed by atoms with Crippen molar-refractivity contribution < 1.29 is 19.4 Å². The molecule has 0 spiro atoms. The summed E-state index contributed by atoms with van der Waals surface area (Å²) in [5, 5.41) is 11.8. The first kappa shape index (κ1) is 13.0. The molecule has 4 heteroatoms. The first-order chi connectivity index (χ1) is 11.0. The second-order valence-electron chi connectivity index (χ2n) is 6.75. The van der Waals surface area contributed by atoms with Crippen molar-refractivity contribution in [3.63, 3.8) is 0 Å². The predicted molar refractivity (Wildman–Crippen MR) is 80.4 cm³/mol. The molecule has 1 aliphatic heterocycles. The molecule has 0 radical (unpaired) electrons. The van der Waals surface area contributed by atoms with Crippen molar-refractivity contribution in [1.29, 1.82) is 0 Å². The SMILES string of the molecule is CC12C(=O)OC(=O)C1C1c3ccccc3C2(O)c2ccccc21. The molecule has 2 atom stereocenters. The minimum atomic E-state index is -1.55. The van der Waals surface area contributed by atoms with Gasteiger partial charge in [0.05, 0.1) is 5.92 Å². The van der Waals surface area contributed by atoms with Crippen molar-refractivity contribution in [2.45, 2.75) is 18.4 Å². The fourth-order valence-electron chi connectivity index (χ4n) is 4.89. The molecule has 1 N–H and O–H groups in total. The second kappa shape index (κ2) is 3.71. The summed E-state index contributed by atoms with van der Waals surface area (Å²) in [6, 6.07) is 15.0. The van der Waals surface area contributed by atoms with Crippen molar-refractivity contribution in [1.82, 2.24) is 0 Å². The summed E-state index contributed by atoms with van der Waals surface area (Å²) >= 11 is 0. The van der Waals surface area contributed by atoms with E-state index in [-0.39, 0.29) is 5.92 Å². The Morgan fingerprint density at radius 1 is 0.957 bits per heavy atom. The second-order valence-corrected chi connectivity index (χ2v) is 6.75. The highest BCUT2D eigenvalue weighted by Crippen LogP contribution is 2.68. The van der Waals surface area contributed by atoms with Crippen LogP contribution >= 0.6 is 0 Å². The number of cyclic esters (lactones) is 2. The summed E-state index contributed by atoms with van der Waals surface area (Å²) in [6.07, 6.45) is 0. The molecule has 1 fully saturated rings. The first-order valence-electron chi connectivity index (χ1n) is 7.68. The molecule has 23 heavy (non-hydrogen) atoms. The highest BCUT2D eigenvalue weighted by molar-refractivity contribution is 6.03. The van der Waals surface area contributed by atoms with Crippen LogP contribution in [0.3, 0.4) is 0 Å². The molecule has 2 aromatic rings. The van der Waals surface area contributed by atoms with Crippen LogP contribution in [0.2, 0.25) is 0 Å². The van der Waals surface area contributed by atoms with Crippen molar-refractivity contribution in [2.24, 2.45) is 11.3 Å². The quantitative estimate of drug-likeness (QED) is 0.598. The van der Waals surface area contributed by atoms with Crippen LogP contribution in [0.5, 0.6) is 0 Å². The van der Waals surface area contributed by atoms with Gasteiger partial charge in [-0.05, 0) is 29.2 Å². The Bertz CT molecular complexity index is 852. The normalized spacial score (nSPS) is 36.3. The zero-order chi connectivity index (χ0) is 16.0. The minimum absolute atomic E-state index is 0.264. The molecule has 6 rings (SSSR count). The number of carbonyl (C=O) groups excluding carboxylic acids is 2. The molecule has 4 aliphatic rings. The van der Waals surface area contributed by atoms with Gasteiger partial charge in [-0.15, -0.1) is 0 Å². The van der Waals surface area contributed by atoms with Crippen molar-refractivity contribution in [3.8, 4) is 0 Å². The number of carbonyl (C=O) groups is 2. The summed E-state index contributed by atoms with van der Waals surface area (Å²) in [7, 11) is 0. The molecule has 2 aromatic carbocycles. The van der Waals surface area contributed by atoms with Gasteiger partial charge in [-0.1, -0.05) is 48.5 Å². The number of benzene rings is 2. The summed E-state index contributed by atoms with van der Waals surface area (Å²) in [6.45, 7) is 1.66. The third kappa shape index (κ3) is 1.14. The van der Waals surface area contributed by atoms with E-state index < -0.39 is 28.9 Å². The standard InChI is InChI=1S/C19H14O4/c1-18-15(16(20)23-17(18)21)14-10-6-2-4-8-12(10)19(18,22)13-9-5-3-7-11(13)14/h2-9,14-15,22H,1H3. The first-order valence-corrected chi connectivity index (χ1v) is 7.68. The number of rotatable bonds is 0. The van der Waals surface area contributed by atoms with Crippen molar-refractivity contribution >= 4 is 11.9 Å². The topological polar surface area (TPSA) is 63.6 Å².